The van der Waals surface area contributed by atoms with Gasteiger partial charge < -0.3 is 9.47 Å². The van der Waals surface area contributed by atoms with E-state index in [2.05, 4.69) is 0 Å². The first-order valence-corrected chi connectivity index (χ1v) is 7.00. The molecular weight excluding hydrogens is 283 g/mol. The molecule has 22 heavy (non-hydrogen) atoms. The van der Waals surface area contributed by atoms with Gasteiger partial charge in [-0.1, -0.05) is 30.3 Å². The number of esters is 1. The van der Waals surface area contributed by atoms with Crippen LogP contribution in [-0.2, 0) is 16.1 Å². The number of hydrogen-bond acceptors (Lipinski definition) is 3. The largest absolute Gasteiger partial charge is 0.494 e. The van der Waals surface area contributed by atoms with Crippen LogP contribution in [0.3, 0.4) is 0 Å². The van der Waals surface area contributed by atoms with Crippen molar-refractivity contribution in [3.8, 4) is 5.75 Å². The summed E-state index contributed by atoms with van der Waals surface area (Å²) in [6, 6.07) is 13.5. The summed E-state index contributed by atoms with van der Waals surface area (Å²) in [5.74, 6) is -0.121. The molecule has 114 valence electrons. The highest BCUT2D eigenvalue weighted by atomic mass is 19.1. The van der Waals surface area contributed by atoms with E-state index in [4.69, 9.17) is 9.47 Å². The first-order valence-electron chi connectivity index (χ1n) is 7.00. The van der Waals surface area contributed by atoms with E-state index in [-0.39, 0.29) is 12.4 Å². The molecule has 0 radical (unpaired) electrons. The van der Waals surface area contributed by atoms with Gasteiger partial charge in [0.1, 0.15) is 18.2 Å². The Balaban J connectivity index is 1.87. The first-order chi connectivity index (χ1) is 10.7. The molecule has 0 aliphatic rings. The number of carbonyl (C=O) groups excluding carboxylic acids is 1. The first kappa shape index (κ1) is 15.8. The van der Waals surface area contributed by atoms with Gasteiger partial charge in [-0.3, -0.25) is 0 Å². The van der Waals surface area contributed by atoms with Crippen molar-refractivity contribution in [1.82, 2.24) is 0 Å². The third-order valence-electron chi connectivity index (χ3n) is 2.93. The lowest BCUT2D eigenvalue weighted by molar-refractivity contribution is -0.138. The summed E-state index contributed by atoms with van der Waals surface area (Å²) in [5.41, 5.74) is 1.21. The van der Waals surface area contributed by atoms with Crippen LogP contribution in [0, 0.1) is 5.82 Å². The van der Waals surface area contributed by atoms with Crippen LogP contribution in [0.1, 0.15) is 18.1 Å². The molecule has 0 aromatic heterocycles. The van der Waals surface area contributed by atoms with Crippen LogP contribution in [0.5, 0.6) is 5.75 Å². The van der Waals surface area contributed by atoms with E-state index < -0.39 is 5.97 Å². The minimum Gasteiger partial charge on any atom is -0.494 e. The van der Waals surface area contributed by atoms with E-state index in [0.29, 0.717) is 12.2 Å². The zero-order valence-corrected chi connectivity index (χ0v) is 12.3. The lowest BCUT2D eigenvalue weighted by atomic mass is 10.2. The lowest BCUT2D eigenvalue weighted by Gasteiger charge is -2.03. The molecule has 0 aliphatic carbocycles. The molecule has 0 spiro atoms. The molecule has 3 nitrogen and oxygen atoms in total. The fraction of sp³-hybridized carbons (Fsp3) is 0.167. The Labute approximate surface area is 129 Å². The monoisotopic (exact) mass is 300 g/mol. The molecule has 0 bridgehead atoms. The van der Waals surface area contributed by atoms with Gasteiger partial charge in [-0.2, -0.15) is 0 Å². The van der Waals surface area contributed by atoms with Crippen LogP contribution in [0.2, 0.25) is 0 Å². The molecule has 2 aromatic carbocycles. The second-order valence-electron chi connectivity index (χ2n) is 4.53. The summed E-state index contributed by atoms with van der Waals surface area (Å²) in [6.45, 7) is 2.44. The Morgan fingerprint density at radius 1 is 1.14 bits per heavy atom. The van der Waals surface area contributed by atoms with Gasteiger partial charge in [0.2, 0.25) is 0 Å². The number of benzene rings is 2. The maximum Gasteiger partial charge on any atom is 0.331 e. The van der Waals surface area contributed by atoms with Crippen molar-refractivity contribution < 1.29 is 18.7 Å². The van der Waals surface area contributed by atoms with E-state index >= 15 is 0 Å². The Kier molecular flexibility index (Phi) is 5.72. The average Bonchev–Trinajstić information content (AvgIpc) is 2.54. The van der Waals surface area contributed by atoms with Crippen LogP contribution >= 0.6 is 0 Å². The average molecular weight is 300 g/mol. The summed E-state index contributed by atoms with van der Waals surface area (Å²) in [5, 5.41) is 0. The second-order valence-corrected chi connectivity index (χ2v) is 4.53. The van der Waals surface area contributed by atoms with Gasteiger partial charge in [-0.15, -0.1) is 0 Å². The molecule has 0 atom stereocenters. The maximum absolute atomic E-state index is 13.4. The van der Waals surface area contributed by atoms with E-state index in [1.165, 1.54) is 12.1 Å². The second kappa shape index (κ2) is 7.98. The molecule has 0 N–H and O–H groups in total. The summed E-state index contributed by atoms with van der Waals surface area (Å²) >= 11 is 0. The van der Waals surface area contributed by atoms with Gasteiger partial charge in [0.15, 0.2) is 0 Å². The molecule has 2 aromatic rings. The van der Waals surface area contributed by atoms with Gasteiger partial charge in [0.25, 0.3) is 0 Å². The minimum absolute atomic E-state index is 0.0842. The fourth-order valence-corrected chi connectivity index (χ4v) is 1.82. The summed E-state index contributed by atoms with van der Waals surface area (Å²) in [7, 11) is 0. The summed E-state index contributed by atoms with van der Waals surface area (Å²) < 4.78 is 23.7. The van der Waals surface area contributed by atoms with Crippen molar-refractivity contribution in [1.29, 1.82) is 0 Å². The van der Waals surface area contributed by atoms with Crippen molar-refractivity contribution in [2.24, 2.45) is 0 Å². The number of carbonyl (C=O) groups is 1. The Hall–Kier alpha value is -2.62. The number of rotatable bonds is 6. The van der Waals surface area contributed by atoms with Gasteiger partial charge in [-0.25, -0.2) is 9.18 Å². The molecule has 0 fully saturated rings. The van der Waals surface area contributed by atoms with Crippen LogP contribution in [0.15, 0.2) is 54.6 Å². The van der Waals surface area contributed by atoms with E-state index in [9.17, 15) is 9.18 Å². The van der Waals surface area contributed by atoms with E-state index in [1.54, 1.807) is 24.3 Å². The van der Waals surface area contributed by atoms with Crippen LogP contribution in [0.25, 0.3) is 6.08 Å². The third kappa shape index (κ3) is 4.74. The van der Waals surface area contributed by atoms with Crippen molar-refractivity contribution in [2.75, 3.05) is 6.61 Å². The smallest absolute Gasteiger partial charge is 0.331 e. The van der Waals surface area contributed by atoms with Crippen molar-refractivity contribution in [3.05, 3.63) is 71.6 Å². The molecule has 0 aliphatic heterocycles. The highest BCUT2D eigenvalue weighted by molar-refractivity contribution is 5.87. The van der Waals surface area contributed by atoms with Crippen molar-refractivity contribution >= 4 is 12.0 Å². The molecular formula is C18H17FO3. The molecule has 0 unspecified atom stereocenters. The number of ether oxygens (including phenoxy) is 2. The van der Waals surface area contributed by atoms with Gasteiger partial charge in [0.05, 0.1) is 6.61 Å². The number of halogens is 1. The van der Waals surface area contributed by atoms with Gasteiger partial charge in [0, 0.05) is 11.6 Å². The Morgan fingerprint density at radius 3 is 2.55 bits per heavy atom. The molecule has 0 saturated carbocycles. The summed E-state index contributed by atoms with van der Waals surface area (Å²) in [4.78, 5) is 11.6. The molecule has 0 saturated heterocycles. The van der Waals surface area contributed by atoms with Crippen molar-refractivity contribution in [3.63, 3.8) is 0 Å². The standard InChI is InChI=1S/C18H17FO3/c1-2-21-16-10-7-14(8-11-16)9-12-18(20)22-13-15-5-3-4-6-17(15)19/h3-12H,2,13H2,1H3/b12-9+. The fourth-order valence-electron chi connectivity index (χ4n) is 1.82. The Bertz CT molecular complexity index is 648. The maximum atomic E-state index is 13.4. The SMILES string of the molecule is CCOc1ccc(/C=C/C(=O)OCc2ccccc2F)cc1. The highest BCUT2D eigenvalue weighted by Gasteiger charge is 2.03. The quantitative estimate of drug-likeness (QED) is 0.598. The van der Waals surface area contributed by atoms with Crippen molar-refractivity contribution in [2.45, 2.75) is 13.5 Å². The normalized spacial score (nSPS) is 10.6. The zero-order valence-electron chi connectivity index (χ0n) is 12.3. The van der Waals surface area contributed by atoms with Gasteiger partial charge >= 0.3 is 5.97 Å². The lowest BCUT2D eigenvalue weighted by Crippen LogP contribution is -2.02. The van der Waals surface area contributed by atoms with Gasteiger partial charge in [-0.05, 0) is 36.8 Å². The van der Waals surface area contributed by atoms with Crippen LogP contribution in [0.4, 0.5) is 4.39 Å². The minimum atomic E-state index is -0.517. The van der Waals surface area contributed by atoms with Crippen LogP contribution < -0.4 is 4.74 Å². The van der Waals surface area contributed by atoms with Crippen LogP contribution in [-0.4, -0.2) is 12.6 Å². The highest BCUT2D eigenvalue weighted by Crippen LogP contribution is 2.13. The number of hydrogen-bond donors (Lipinski definition) is 0. The molecule has 2 rings (SSSR count). The molecule has 4 heteroatoms. The third-order valence-corrected chi connectivity index (χ3v) is 2.93. The van der Waals surface area contributed by atoms with E-state index in [1.807, 2.05) is 31.2 Å². The summed E-state index contributed by atoms with van der Waals surface area (Å²) in [6.07, 6.45) is 2.95. The topological polar surface area (TPSA) is 35.5 Å². The van der Waals surface area contributed by atoms with E-state index in [0.717, 1.165) is 11.3 Å². The molecule has 0 amide bonds. The molecule has 0 heterocycles. The zero-order chi connectivity index (χ0) is 15.8. The predicted molar refractivity (Wildman–Crippen MR) is 82.8 cm³/mol. The Morgan fingerprint density at radius 2 is 1.86 bits per heavy atom. The predicted octanol–water partition coefficient (Wildman–Crippen LogP) is 3.98.